The number of anilines is 2. The Hall–Kier alpha value is -1.56. The molecule has 0 spiro atoms. The average Bonchev–Trinajstić information content (AvgIpc) is 2.45. The van der Waals surface area contributed by atoms with Gasteiger partial charge in [0.05, 0.1) is 7.11 Å². The summed E-state index contributed by atoms with van der Waals surface area (Å²) in [5.74, 6) is 8.17. The Balaban J connectivity index is 2.15. The lowest BCUT2D eigenvalue weighted by molar-refractivity contribution is 0.198. The summed E-state index contributed by atoms with van der Waals surface area (Å²) in [4.78, 5) is 10.7. The highest BCUT2D eigenvalue weighted by atomic mass is 16.5. The van der Waals surface area contributed by atoms with Crippen LogP contribution in [0.5, 0.6) is 5.75 Å². The van der Waals surface area contributed by atoms with Gasteiger partial charge >= 0.3 is 0 Å². The monoisotopic (exact) mass is 279 g/mol. The second-order valence-corrected chi connectivity index (χ2v) is 6.35. The predicted octanol–water partition coefficient (Wildman–Crippen LogP) is 2.03. The second kappa shape index (κ2) is 5.83. The molecule has 1 fully saturated rings. The van der Waals surface area contributed by atoms with Crippen molar-refractivity contribution in [3.63, 3.8) is 0 Å². The quantitative estimate of drug-likeness (QED) is 0.651. The molecule has 0 aromatic carbocycles. The Kier molecular flexibility index (Phi) is 4.32. The third-order valence-corrected chi connectivity index (χ3v) is 4.15. The van der Waals surface area contributed by atoms with Crippen molar-refractivity contribution in [3.8, 4) is 5.75 Å². The van der Waals surface area contributed by atoms with E-state index in [9.17, 15) is 0 Å². The molecule has 1 saturated heterocycles. The molecule has 2 heterocycles. The van der Waals surface area contributed by atoms with Gasteiger partial charge in [0.2, 0.25) is 5.75 Å². The average molecular weight is 279 g/mol. The van der Waals surface area contributed by atoms with Gasteiger partial charge in [0.15, 0.2) is 11.6 Å². The molecule has 1 aromatic heterocycles. The molecule has 0 bridgehead atoms. The molecule has 20 heavy (non-hydrogen) atoms. The first-order valence-corrected chi connectivity index (χ1v) is 7.08. The van der Waals surface area contributed by atoms with Gasteiger partial charge in [-0.1, -0.05) is 20.8 Å². The fraction of sp³-hybridized carbons (Fsp3) is 0.714. The van der Waals surface area contributed by atoms with Crippen molar-refractivity contribution in [1.29, 1.82) is 0 Å². The van der Waals surface area contributed by atoms with E-state index < -0.39 is 0 Å². The van der Waals surface area contributed by atoms with Gasteiger partial charge in [-0.15, -0.1) is 0 Å². The van der Waals surface area contributed by atoms with Crippen LogP contribution in [0.25, 0.3) is 0 Å². The summed E-state index contributed by atoms with van der Waals surface area (Å²) in [7, 11) is 1.62. The maximum absolute atomic E-state index is 5.46. The van der Waals surface area contributed by atoms with Crippen LogP contribution in [0.3, 0.4) is 0 Å². The molecule has 1 aliphatic rings. The van der Waals surface area contributed by atoms with Crippen molar-refractivity contribution in [2.45, 2.75) is 33.6 Å². The maximum Gasteiger partial charge on any atom is 0.205 e. The number of ether oxygens (including phenoxy) is 1. The topological polar surface area (TPSA) is 76.3 Å². The number of hydrogen-bond donors (Lipinski definition) is 2. The number of piperidine rings is 1. The third kappa shape index (κ3) is 2.95. The highest BCUT2D eigenvalue weighted by Gasteiger charge is 2.30. The first-order chi connectivity index (χ1) is 9.47. The van der Waals surface area contributed by atoms with Crippen LogP contribution in [0.4, 0.5) is 11.6 Å². The molecule has 0 radical (unpaired) electrons. The van der Waals surface area contributed by atoms with Crippen LogP contribution >= 0.6 is 0 Å². The van der Waals surface area contributed by atoms with E-state index in [0.29, 0.717) is 17.0 Å². The standard InChI is InChI=1S/C14H25N5O/c1-14(2,3)10-5-7-19(8-6-10)13-11(20-4)12(18-15)16-9-17-13/h9-10H,5-8,15H2,1-4H3,(H,16,17,18). The fourth-order valence-electron chi connectivity index (χ4n) is 2.84. The maximum atomic E-state index is 5.46. The van der Waals surface area contributed by atoms with Crippen molar-refractivity contribution in [1.82, 2.24) is 9.97 Å². The van der Waals surface area contributed by atoms with Gasteiger partial charge in [-0.25, -0.2) is 15.8 Å². The number of nitrogens with one attached hydrogen (secondary N) is 1. The summed E-state index contributed by atoms with van der Waals surface area (Å²) >= 11 is 0. The molecule has 1 aliphatic heterocycles. The van der Waals surface area contributed by atoms with E-state index in [0.717, 1.165) is 24.8 Å². The summed E-state index contributed by atoms with van der Waals surface area (Å²) in [5, 5.41) is 0. The molecule has 0 amide bonds. The van der Waals surface area contributed by atoms with E-state index in [1.807, 2.05) is 0 Å². The van der Waals surface area contributed by atoms with E-state index in [1.165, 1.54) is 19.2 Å². The Morgan fingerprint density at radius 2 is 1.95 bits per heavy atom. The smallest absolute Gasteiger partial charge is 0.205 e. The van der Waals surface area contributed by atoms with Crippen LogP contribution in [-0.2, 0) is 0 Å². The minimum absolute atomic E-state index is 0.367. The normalized spacial score (nSPS) is 17.1. The number of rotatable bonds is 3. The second-order valence-electron chi connectivity index (χ2n) is 6.35. The first kappa shape index (κ1) is 14.8. The Labute approximate surface area is 120 Å². The minimum atomic E-state index is 0.367. The van der Waals surface area contributed by atoms with Crippen LogP contribution in [0.15, 0.2) is 6.33 Å². The molecule has 1 aromatic rings. The van der Waals surface area contributed by atoms with Crippen LogP contribution in [0.2, 0.25) is 0 Å². The number of aromatic nitrogens is 2. The largest absolute Gasteiger partial charge is 0.490 e. The number of hydrazine groups is 1. The van der Waals surface area contributed by atoms with Gasteiger partial charge in [0, 0.05) is 13.1 Å². The van der Waals surface area contributed by atoms with Crippen LogP contribution in [-0.4, -0.2) is 30.2 Å². The van der Waals surface area contributed by atoms with E-state index >= 15 is 0 Å². The zero-order chi connectivity index (χ0) is 14.8. The summed E-state index contributed by atoms with van der Waals surface area (Å²) in [6, 6.07) is 0. The third-order valence-electron chi connectivity index (χ3n) is 4.15. The Bertz CT molecular complexity index is 449. The molecule has 0 unspecified atom stereocenters. The van der Waals surface area contributed by atoms with Crippen molar-refractivity contribution >= 4 is 11.6 Å². The molecule has 0 atom stereocenters. The van der Waals surface area contributed by atoms with Gasteiger partial charge in [-0.05, 0) is 24.2 Å². The summed E-state index contributed by atoms with van der Waals surface area (Å²) in [6.45, 7) is 8.91. The summed E-state index contributed by atoms with van der Waals surface area (Å²) < 4.78 is 5.41. The highest BCUT2D eigenvalue weighted by molar-refractivity contribution is 5.64. The molecule has 0 saturated carbocycles. The van der Waals surface area contributed by atoms with E-state index in [4.69, 9.17) is 10.6 Å². The van der Waals surface area contributed by atoms with Gasteiger partial charge in [-0.3, -0.25) is 0 Å². The van der Waals surface area contributed by atoms with Crippen LogP contribution < -0.4 is 20.9 Å². The molecule has 6 heteroatoms. The van der Waals surface area contributed by atoms with Gasteiger partial charge < -0.3 is 15.1 Å². The lowest BCUT2D eigenvalue weighted by Gasteiger charge is -2.39. The first-order valence-electron chi connectivity index (χ1n) is 7.08. The fourth-order valence-corrected chi connectivity index (χ4v) is 2.84. The van der Waals surface area contributed by atoms with Gasteiger partial charge in [0.1, 0.15) is 6.33 Å². The van der Waals surface area contributed by atoms with Crippen LogP contribution in [0.1, 0.15) is 33.6 Å². The van der Waals surface area contributed by atoms with Crippen molar-refractivity contribution in [3.05, 3.63) is 6.33 Å². The molecule has 3 N–H and O–H groups in total. The van der Waals surface area contributed by atoms with Crippen molar-refractivity contribution < 1.29 is 4.74 Å². The lowest BCUT2D eigenvalue weighted by atomic mass is 9.75. The van der Waals surface area contributed by atoms with Crippen molar-refractivity contribution in [2.75, 3.05) is 30.5 Å². The van der Waals surface area contributed by atoms with E-state index in [1.54, 1.807) is 7.11 Å². The summed E-state index contributed by atoms with van der Waals surface area (Å²) in [5.41, 5.74) is 2.92. The molecule has 112 valence electrons. The Morgan fingerprint density at radius 1 is 1.30 bits per heavy atom. The predicted molar refractivity (Wildman–Crippen MR) is 80.8 cm³/mol. The van der Waals surface area contributed by atoms with E-state index in [-0.39, 0.29) is 0 Å². The highest BCUT2D eigenvalue weighted by Crippen LogP contribution is 2.38. The molecular weight excluding hydrogens is 254 g/mol. The lowest BCUT2D eigenvalue weighted by Crippen LogP contribution is -2.38. The van der Waals surface area contributed by atoms with Gasteiger partial charge in [-0.2, -0.15) is 0 Å². The SMILES string of the molecule is COc1c(NN)ncnc1N1CCC(C(C)(C)C)CC1. The minimum Gasteiger partial charge on any atom is -0.490 e. The molecular formula is C14H25N5O. The molecule has 2 rings (SSSR count). The Morgan fingerprint density at radius 3 is 2.45 bits per heavy atom. The molecule has 0 aliphatic carbocycles. The number of nitrogens with two attached hydrogens (primary N) is 1. The van der Waals surface area contributed by atoms with Crippen molar-refractivity contribution in [2.24, 2.45) is 17.2 Å². The number of nitrogens with zero attached hydrogens (tertiary/aromatic N) is 3. The zero-order valence-electron chi connectivity index (χ0n) is 12.8. The molecule has 6 nitrogen and oxygen atoms in total. The zero-order valence-corrected chi connectivity index (χ0v) is 12.8. The van der Waals surface area contributed by atoms with E-state index in [2.05, 4.69) is 41.1 Å². The summed E-state index contributed by atoms with van der Waals surface area (Å²) in [6.07, 6.45) is 3.85. The number of hydrogen-bond acceptors (Lipinski definition) is 6. The van der Waals surface area contributed by atoms with Gasteiger partial charge in [0.25, 0.3) is 0 Å². The number of methoxy groups -OCH3 is 1. The number of nitrogen functional groups attached to an aromatic ring is 1. The van der Waals surface area contributed by atoms with Crippen LogP contribution in [0, 0.1) is 11.3 Å².